The zero-order valence-electron chi connectivity index (χ0n) is 13.3. The molecule has 1 N–H and O–H groups in total. The number of nitriles is 1. The second kappa shape index (κ2) is 7.92. The number of thioether (sulfide) groups is 1. The molecule has 2 aromatic heterocycles. The third-order valence-electron chi connectivity index (χ3n) is 3.29. The summed E-state index contributed by atoms with van der Waals surface area (Å²) in [6.45, 7) is 1.87. The number of para-hydroxylation sites is 1. The standard InChI is InChI=1S/C16H14N6OS2/c1-11(8-17)9-25-14-5-3-2-4-12(14)19-16(23)15-13(6-7-24-15)22-10-18-20-21-22/h2-7,10-11H,9H2,1H3,(H,19,23)/t11-/m0/s1. The molecular formula is C16H14N6OS2. The van der Waals surface area contributed by atoms with Crippen LogP contribution in [0.2, 0.25) is 0 Å². The van der Waals surface area contributed by atoms with E-state index >= 15 is 0 Å². The Morgan fingerprint density at radius 3 is 3.04 bits per heavy atom. The van der Waals surface area contributed by atoms with Crippen LogP contribution in [0.5, 0.6) is 0 Å². The van der Waals surface area contributed by atoms with Gasteiger partial charge in [0.05, 0.1) is 23.4 Å². The van der Waals surface area contributed by atoms with Gasteiger partial charge in [-0.25, -0.2) is 0 Å². The van der Waals surface area contributed by atoms with E-state index in [0.717, 1.165) is 10.6 Å². The number of tetrazole rings is 1. The van der Waals surface area contributed by atoms with Crippen LogP contribution in [0.25, 0.3) is 5.69 Å². The highest BCUT2D eigenvalue weighted by atomic mass is 32.2. The smallest absolute Gasteiger partial charge is 0.267 e. The van der Waals surface area contributed by atoms with Gasteiger partial charge >= 0.3 is 0 Å². The largest absolute Gasteiger partial charge is 0.320 e. The molecule has 0 aliphatic rings. The number of anilines is 1. The van der Waals surface area contributed by atoms with Crippen LogP contribution < -0.4 is 5.32 Å². The Bertz CT molecular complexity index is 899. The summed E-state index contributed by atoms with van der Waals surface area (Å²) in [6.07, 6.45) is 1.45. The van der Waals surface area contributed by atoms with E-state index in [1.54, 1.807) is 17.8 Å². The number of nitrogens with one attached hydrogen (secondary N) is 1. The molecule has 0 saturated carbocycles. The zero-order chi connectivity index (χ0) is 17.6. The molecule has 1 amide bonds. The molecule has 126 valence electrons. The number of nitrogens with zero attached hydrogens (tertiary/aromatic N) is 5. The number of hydrogen-bond donors (Lipinski definition) is 1. The molecule has 0 fully saturated rings. The van der Waals surface area contributed by atoms with Crippen molar-refractivity contribution in [1.29, 1.82) is 5.26 Å². The molecule has 0 unspecified atom stereocenters. The van der Waals surface area contributed by atoms with Gasteiger partial charge in [0, 0.05) is 10.6 Å². The molecule has 0 aliphatic carbocycles. The summed E-state index contributed by atoms with van der Waals surface area (Å²) in [5, 5.41) is 24.7. The van der Waals surface area contributed by atoms with Crippen LogP contribution >= 0.6 is 23.1 Å². The fourth-order valence-electron chi connectivity index (χ4n) is 2.05. The molecule has 0 aliphatic heterocycles. The molecular weight excluding hydrogens is 356 g/mol. The maximum absolute atomic E-state index is 12.7. The van der Waals surface area contributed by atoms with Gasteiger partial charge < -0.3 is 5.32 Å². The number of amides is 1. The lowest BCUT2D eigenvalue weighted by atomic mass is 10.3. The van der Waals surface area contributed by atoms with E-state index in [0.29, 0.717) is 16.3 Å². The highest BCUT2D eigenvalue weighted by Gasteiger charge is 2.17. The minimum Gasteiger partial charge on any atom is -0.320 e. The molecule has 0 spiro atoms. The van der Waals surface area contributed by atoms with Crippen molar-refractivity contribution < 1.29 is 4.79 Å². The summed E-state index contributed by atoms with van der Waals surface area (Å²) in [4.78, 5) is 14.1. The third kappa shape index (κ3) is 4.04. The number of thiophene rings is 1. The Morgan fingerprint density at radius 1 is 1.44 bits per heavy atom. The van der Waals surface area contributed by atoms with E-state index in [2.05, 4.69) is 26.9 Å². The van der Waals surface area contributed by atoms with E-state index in [1.165, 1.54) is 22.3 Å². The first-order valence-corrected chi connectivity index (χ1v) is 9.29. The van der Waals surface area contributed by atoms with Crippen LogP contribution in [0.15, 0.2) is 46.9 Å². The van der Waals surface area contributed by atoms with E-state index in [1.807, 2.05) is 36.6 Å². The van der Waals surface area contributed by atoms with Crippen LogP contribution in [0, 0.1) is 17.2 Å². The van der Waals surface area contributed by atoms with Crippen LogP contribution in [0.4, 0.5) is 5.69 Å². The van der Waals surface area contributed by atoms with Gasteiger partial charge in [-0.05, 0) is 40.9 Å². The predicted octanol–water partition coefficient (Wildman–Crippen LogP) is 3.23. The van der Waals surface area contributed by atoms with Crippen LogP contribution in [0.1, 0.15) is 16.6 Å². The molecule has 0 radical (unpaired) electrons. The number of carbonyl (C=O) groups is 1. The topological polar surface area (TPSA) is 96.5 Å². The van der Waals surface area contributed by atoms with E-state index in [-0.39, 0.29) is 11.8 Å². The number of benzene rings is 1. The Hall–Kier alpha value is -2.70. The highest BCUT2D eigenvalue weighted by Crippen LogP contribution is 2.30. The number of rotatable bonds is 6. The Labute approximate surface area is 152 Å². The first-order chi connectivity index (χ1) is 12.2. The monoisotopic (exact) mass is 370 g/mol. The summed E-state index contributed by atoms with van der Waals surface area (Å²) in [5.74, 6) is 0.387. The molecule has 2 heterocycles. The lowest BCUT2D eigenvalue weighted by molar-refractivity contribution is 0.103. The molecule has 1 aromatic carbocycles. The molecule has 9 heteroatoms. The van der Waals surface area contributed by atoms with Gasteiger partial charge in [0.2, 0.25) is 0 Å². The van der Waals surface area contributed by atoms with Crippen molar-refractivity contribution in [2.24, 2.45) is 5.92 Å². The Morgan fingerprint density at radius 2 is 2.28 bits per heavy atom. The average molecular weight is 370 g/mol. The Kier molecular flexibility index (Phi) is 5.42. The van der Waals surface area contributed by atoms with Gasteiger partial charge in [-0.3, -0.25) is 4.79 Å². The van der Waals surface area contributed by atoms with E-state index < -0.39 is 0 Å². The van der Waals surface area contributed by atoms with Crippen LogP contribution in [0.3, 0.4) is 0 Å². The number of hydrogen-bond acceptors (Lipinski definition) is 7. The predicted molar refractivity (Wildman–Crippen MR) is 96.9 cm³/mol. The second-order valence-electron chi connectivity index (χ2n) is 5.18. The van der Waals surface area contributed by atoms with Gasteiger partial charge in [0.25, 0.3) is 5.91 Å². The number of aromatic nitrogens is 4. The summed E-state index contributed by atoms with van der Waals surface area (Å²) in [5.41, 5.74) is 1.36. The minimum absolute atomic E-state index is 0.0579. The van der Waals surface area contributed by atoms with Gasteiger partial charge in [-0.1, -0.05) is 12.1 Å². The quantitative estimate of drug-likeness (QED) is 0.669. The fourth-order valence-corrected chi connectivity index (χ4v) is 3.78. The van der Waals surface area contributed by atoms with Crippen molar-refractivity contribution >= 4 is 34.7 Å². The minimum atomic E-state index is -0.220. The first-order valence-electron chi connectivity index (χ1n) is 7.42. The summed E-state index contributed by atoms with van der Waals surface area (Å²) >= 11 is 2.87. The van der Waals surface area contributed by atoms with Gasteiger partial charge in [0.1, 0.15) is 11.2 Å². The summed E-state index contributed by atoms with van der Waals surface area (Å²) in [7, 11) is 0. The molecule has 3 rings (SSSR count). The molecule has 25 heavy (non-hydrogen) atoms. The van der Waals surface area contributed by atoms with E-state index in [4.69, 9.17) is 5.26 Å². The molecule has 1 atom stereocenters. The first kappa shape index (κ1) is 17.1. The van der Waals surface area contributed by atoms with Crippen molar-refractivity contribution in [3.05, 3.63) is 46.9 Å². The molecule has 0 bridgehead atoms. The van der Waals surface area contributed by atoms with Crippen molar-refractivity contribution in [2.75, 3.05) is 11.1 Å². The highest BCUT2D eigenvalue weighted by molar-refractivity contribution is 7.99. The SMILES string of the molecule is C[C@@H](C#N)CSc1ccccc1NC(=O)c1sccc1-n1cnnn1. The number of carbonyl (C=O) groups excluding carboxylic acids is 1. The normalized spacial score (nSPS) is 11.7. The molecule has 7 nitrogen and oxygen atoms in total. The van der Waals surface area contributed by atoms with Crippen molar-refractivity contribution in [3.8, 4) is 11.8 Å². The lowest BCUT2D eigenvalue weighted by Gasteiger charge is -2.11. The van der Waals surface area contributed by atoms with Crippen molar-refractivity contribution in [2.45, 2.75) is 11.8 Å². The summed E-state index contributed by atoms with van der Waals surface area (Å²) < 4.78 is 1.46. The van der Waals surface area contributed by atoms with Gasteiger partial charge in [-0.15, -0.1) is 28.2 Å². The lowest BCUT2D eigenvalue weighted by Crippen LogP contribution is -2.13. The van der Waals surface area contributed by atoms with Gasteiger partial charge in [0.15, 0.2) is 0 Å². The molecule has 3 aromatic rings. The summed E-state index contributed by atoms with van der Waals surface area (Å²) in [6, 6.07) is 11.6. The van der Waals surface area contributed by atoms with E-state index in [9.17, 15) is 4.79 Å². The average Bonchev–Trinajstić information content (AvgIpc) is 3.31. The zero-order valence-corrected chi connectivity index (χ0v) is 14.9. The van der Waals surface area contributed by atoms with Gasteiger partial charge in [-0.2, -0.15) is 9.94 Å². The second-order valence-corrected chi connectivity index (χ2v) is 7.16. The Balaban J connectivity index is 1.79. The maximum atomic E-state index is 12.7. The van der Waals surface area contributed by atoms with Crippen LogP contribution in [-0.2, 0) is 0 Å². The molecule has 0 saturated heterocycles. The van der Waals surface area contributed by atoms with Crippen molar-refractivity contribution in [3.63, 3.8) is 0 Å². The van der Waals surface area contributed by atoms with Crippen molar-refractivity contribution in [1.82, 2.24) is 20.2 Å². The maximum Gasteiger partial charge on any atom is 0.267 e. The van der Waals surface area contributed by atoms with Crippen LogP contribution in [-0.4, -0.2) is 31.9 Å². The third-order valence-corrected chi connectivity index (χ3v) is 5.53. The fraction of sp³-hybridized carbons (Fsp3) is 0.188.